The molecule has 0 fully saturated rings. The first kappa shape index (κ1) is 19.4. The van der Waals surface area contributed by atoms with Gasteiger partial charge in [0.05, 0.1) is 27.8 Å². The minimum Gasteiger partial charge on any atom is -0.457 e. The zero-order chi connectivity index (χ0) is 33.9. The largest absolute Gasteiger partial charge is 0.457 e. The standard InChI is InChI=1S/C38H28N4O/c1-25-23-39-38(26(2)37(25)27-11-4-3-5-12-27)42-34-17-8-6-15-31(34)32-20-19-30(22-36(32)42)43-29-14-10-13-28(21-29)41-24-40-33-16-7-9-18-35(33)41/h3-24H,1-2H3/i1D3,2D3. The van der Waals surface area contributed by atoms with Gasteiger partial charge < -0.3 is 4.74 Å². The third-order valence-corrected chi connectivity index (χ3v) is 7.76. The molecule has 3 heterocycles. The van der Waals surface area contributed by atoms with E-state index in [1.807, 2.05) is 95.6 Å². The molecule has 0 amide bonds. The topological polar surface area (TPSA) is 44.9 Å². The Labute approximate surface area is 257 Å². The fourth-order valence-electron chi connectivity index (χ4n) is 5.82. The summed E-state index contributed by atoms with van der Waals surface area (Å²) in [6.07, 6.45) is 3.07. The van der Waals surface area contributed by atoms with Gasteiger partial charge in [0.25, 0.3) is 0 Å². The Morgan fingerprint density at radius 3 is 2.33 bits per heavy atom. The van der Waals surface area contributed by atoms with Crippen molar-refractivity contribution in [2.24, 2.45) is 0 Å². The van der Waals surface area contributed by atoms with E-state index in [-0.39, 0.29) is 22.5 Å². The second-order valence-electron chi connectivity index (χ2n) is 10.3. The van der Waals surface area contributed by atoms with Crippen LogP contribution in [0.2, 0.25) is 0 Å². The summed E-state index contributed by atoms with van der Waals surface area (Å²) in [5.41, 5.74) is 4.49. The molecule has 8 rings (SSSR count). The monoisotopic (exact) mass is 562 g/mol. The number of aryl methyl sites for hydroxylation is 1. The fraction of sp³-hybridized carbons (Fsp3) is 0.0526. The maximum Gasteiger partial charge on any atom is 0.141 e. The van der Waals surface area contributed by atoms with Gasteiger partial charge in [0.1, 0.15) is 23.6 Å². The Kier molecular flexibility index (Phi) is 4.52. The van der Waals surface area contributed by atoms with Gasteiger partial charge in [-0.15, -0.1) is 0 Å². The van der Waals surface area contributed by atoms with Crippen LogP contribution in [-0.4, -0.2) is 19.1 Å². The molecule has 0 bridgehead atoms. The minimum atomic E-state index is -2.71. The van der Waals surface area contributed by atoms with Crippen LogP contribution in [0.3, 0.4) is 0 Å². The molecule has 0 saturated carbocycles. The second-order valence-corrected chi connectivity index (χ2v) is 10.3. The molecule has 0 radical (unpaired) electrons. The highest BCUT2D eigenvalue weighted by molar-refractivity contribution is 6.09. The number of hydrogen-bond acceptors (Lipinski definition) is 3. The van der Waals surface area contributed by atoms with Gasteiger partial charge in [0.2, 0.25) is 0 Å². The van der Waals surface area contributed by atoms with Crippen LogP contribution in [0.5, 0.6) is 11.5 Å². The summed E-state index contributed by atoms with van der Waals surface area (Å²) >= 11 is 0. The van der Waals surface area contributed by atoms with Gasteiger partial charge in [0, 0.05) is 42.9 Å². The number of aromatic nitrogens is 4. The van der Waals surface area contributed by atoms with Gasteiger partial charge in [-0.2, -0.15) is 0 Å². The van der Waals surface area contributed by atoms with Gasteiger partial charge in [0.15, 0.2) is 0 Å². The molecule has 0 N–H and O–H groups in total. The van der Waals surface area contributed by atoms with E-state index < -0.39 is 13.7 Å². The fourth-order valence-corrected chi connectivity index (χ4v) is 5.82. The summed E-state index contributed by atoms with van der Waals surface area (Å²) in [7, 11) is 0. The molecule has 0 aliphatic carbocycles. The van der Waals surface area contributed by atoms with Crippen molar-refractivity contribution in [1.29, 1.82) is 0 Å². The number of benzene rings is 5. The second kappa shape index (κ2) is 10.00. The highest BCUT2D eigenvalue weighted by Gasteiger charge is 2.18. The van der Waals surface area contributed by atoms with E-state index in [0.29, 0.717) is 22.6 Å². The maximum atomic E-state index is 8.71. The molecule has 5 aromatic carbocycles. The summed E-state index contributed by atoms with van der Waals surface area (Å²) in [4.78, 5) is 9.13. The van der Waals surface area contributed by atoms with Crippen LogP contribution >= 0.6 is 0 Å². The first-order chi connectivity index (χ1) is 23.6. The number of pyridine rings is 1. The summed E-state index contributed by atoms with van der Waals surface area (Å²) < 4.78 is 61.2. The van der Waals surface area contributed by atoms with E-state index in [2.05, 4.69) is 9.97 Å². The van der Waals surface area contributed by atoms with Crippen molar-refractivity contribution in [3.05, 3.63) is 145 Å². The molecule has 0 spiro atoms. The van der Waals surface area contributed by atoms with Crippen LogP contribution < -0.4 is 4.74 Å². The Bertz CT molecular complexity index is 2520. The third-order valence-electron chi connectivity index (χ3n) is 7.76. The summed E-state index contributed by atoms with van der Waals surface area (Å²) in [6.45, 7) is -5.31. The summed E-state index contributed by atoms with van der Waals surface area (Å²) in [5.74, 6) is 1.26. The highest BCUT2D eigenvalue weighted by atomic mass is 16.5. The first-order valence-electron chi connectivity index (χ1n) is 16.9. The van der Waals surface area contributed by atoms with Crippen molar-refractivity contribution < 1.29 is 13.0 Å². The highest BCUT2D eigenvalue weighted by Crippen LogP contribution is 2.38. The molecular weight excluding hydrogens is 528 g/mol. The first-order valence-corrected chi connectivity index (χ1v) is 13.9. The predicted octanol–water partition coefficient (Wildman–Crippen LogP) is 9.59. The molecule has 0 unspecified atom stereocenters. The normalized spacial score (nSPS) is 14.1. The maximum absolute atomic E-state index is 8.71. The molecule has 3 aromatic heterocycles. The van der Waals surface area contributed by atoms with Crippen LogP contribution in [0.15, 0.2) is 134 Å². The van der Waals surface area contributed by atoms with Crippen LogP contribution in [-0.2, 0) is 0 Å². The van der Waals surface area contributed by atoms with Gasteiger partial charge in [-0.25, -0.2) is 9.97 Å². The Morgan fingerprint density at radius 1 is 0.651 bits per heavy atom. The van der Waals surface area contributed by atoms with Crippen molar-refractivity contribution in [2.75, 3.05) is 0 Å². The average Bonchev–Trinajstić information content (AvgIpc) is 3.66. The lowest BCUT2D eigenvalue weighted by Crippen LogP contribution is -2.03. The average molecular weight is 563 g/mol. The number of rotatable bonds is 5. The van der Waals surface area contributed by atoms with Crippen molar-refractivity contribution in [2.45, 2.75) is 13.7 Å². The smallest absolute Gasteiger partial charge is 0.141 e. The third kappa shape index (κ3) is 4.17. The number of imidazole rings is 1. The molecule has 8 aromatic rings. The van der Waals surface area contributed by atoms with Crippen LogP contribution in [0.4, 0.5) is 0 Å². The van der Waals surface area contributed by atoms with Crippen LogP contribution in [0.1, 0.15) is 19.4 Å². The van der Waals surface area contributed by atoms with E-state index in [4.69, 9.17) is 13.0 Å². The quantitative estimate of drug-likeness (QED) is 0.210. The number of nitrogens with zero attached hydrogens (tertiary/aromatic N) is 4. The predicted molar refractivity (Wildman–Crippen MR) is 175 cm³/mol. The molecule has 0 atom stereocenters. The number of para-hydroxylation sites is 3. The molecule has 0 aliphatic heterocycles. The lowest BCUT2D eigenvalue weighted by atomic mass is 9.97. The Hall–Kier alpha value is -5.68. The van der Waals surface area contributed by atoms with E-state index >= 15 is 0 Å². The van der Waals surface area contributed by atoms with Crippen molar-refractivity contribution in [3.63, 3.8) is 0 Å². The van der Waals surface area contributed by atoms with E-state index in [1.54, 1.807) is 41.2 Å². The summed E-state index contributed by atoms with van der Waals surface area (Å²) in [6, 6.07) is 37.7. The molecular formula is C38H28N4O. The molecule has 0 aliphatic rings. The van der Waals surface area contributed by atoms with E-state index in [0.717, 1.165) is 33.0 Å². The number of hydrogen-bond donors (Lipinski definition) is 0. The van der Waals surface area contributed by atoms with Gasteiger partial charge in [-0.1, -0.05) is 66.7 Å². The zero-order valence-electron chi connectivity index (χ0n) is 28.9. The lowest BCUT2D eigenvalue weighted by Gasteiger charge is -2.16. The number of ether oxygens (including phenoxy) is 1. The van der Waals surface area contributed by atoms with Gasteiger partial charge in [-0.05, 0) is 72.9 Å². The molecule has 5 nitrogen and oxygen atoms in total. The zero-order valence-corrected chi connectivity index (χ0v) is 22.9. The molecule has 206 valence electrons. The van der Waals surface area contributed by atoms with Gasteiger partial charge >= 0.3 is 0 Å². The van der Waals surface area contributed by atoms with Crippen LogP contribution in [0, 0.1) is 13.7 Å². The van der Waals surface area contributed by atoms with Gasteiger partial charge in [-0.3, -0.25) is 9.13 Å². The molecule has 0 saturated heterocycles. The number of fused-ring (bicyclic) bond motifs is 4. The lowest BCUT2D eigenvalue weighted by molar-refractivity contribution is 0.483. The van der Waals surface area contributed by atoms with Crippen molar-refractivity contribution in [3.8, 4) is 34.1 Å². The van der Waals surface area contributed by atoms with Crippen molar-refractivity contribution in [1.82, 2.24) is 19.1 Å². The van der Waals surface area contributed by atoms with Crippen LogP contribution in [0.25, 0.3) is 55.5 Å². The minimum absolute atomic E-state index is 0.121. The Balaban J connectivity index is 1.33. The van der Waals surface area contributed by atoms with Crippen molar-refractivity contribution >= 4 is 32.8 Å². The summed E-state index contributed by atoms with van der Waals surface area (Å²) in [5, 5.41) is 1.75. The molecule has 5 heteroatoms. The molecule has 43 heavy (non-hydrogen) atoms. The SMILES string of the molecule is [2H]C([2H])([2H])c1cnc(-n2c3ccccc3c3ccc(Oc4cccc(-n5cnc6ccccc65)c4)cc32)c(C([2H])([2H])[2H])c1-c1ccccc1. The van der Waals surface area contributed by atoms with E-state index in [9.17, 15) is 0 Å². The Morgan fingerprint density at radius 2 is 1.44 bits per heavy atom. The van der Waals surface area contributed by atoms with E-state index in [1.165, 1.54) is 6.20 Å².